The average Bonchev–Trinajstić information content (AvgIpc) is 3.28. The van der Waals surface area contributed by atoms with Gasteiger partial charge in [-0.05, 0) is 65.2 Å². The highest BCUT2D eigenvalue weighted by Crippen LogP contribution is 2.39. The normalized spacial score (nSPS) is 19.6. The number of nitrogens with zero attached hydrogens (tertiary/aromatic N) is 1. The molecule has 0 amide bonds. The van der Waals surface area contributed by atoms with Gasteiger partial charge in [0.1, 0.15) is 0 Å². The molecule has 0 radical (unpaired) electrons. The first-order valence-electron chi connectivity index (χ1n) is 7.02. The van der Waals surface area contributed by atoms with E-state index in [9.17, 15) is 8.42 Å². The predicted molar refractivity (Wildman–Crippen MR) is 81.7 cm³/mol. The molecule has 4 nitrogen and oxygen atoms in total. The third-order valence-electron chi connectivity index (χ3n) is 3.91. The number of rotatable bonds is 6. The molecule has 110 valence electrons. The van der Waals surface area contributed by atoms with Gasteiger partial charge in [-0.15, -0.1) is 0 Å². The van der Waals surface area contributed by atoms with E-state index in [1.165, 1.54) is 0 Å². The van der Waals surface area contributed by atoms with E-state index in [1.54, 1.807) is 16.4 Å². The lowest BCUT2D eigenvalue weighted by atomic mass is 10.2. The average molecular weight is 359 g/mol. The largest absolute Gasteiger partial charge is 0.326 e. The Balaban J connectivity index is 1.96. The van der Waals surface area contributed by atoms with Crippen molar-refractivity contribution >= 4 is 26.0 Å². The zero-order valence-electron chi connectivity index (χ0n) is 11.3. The van der Waals surface area contributed by atoms with Crippen LogP contribution in [0.2, 0.25) is 0 Å². The zero-order valence-corrected chi connectivity index (χ0v) is 13.7. The van der Waals surface area contributed by atoms with Crippen LogP contribution < -0.4 is 5.73 Å². The van der Waals surface area contributed by atoms with E-state index in [-0.39, 0.29) is 6.04 Å². The van der Waals surface area contributed by atoms with Crippen molar-refractivity contribution in [2.24, 2.45) is 11.7 Å². The molecule has 0 spiro atoms. The van der Waals surface area contributed by atoms with E-state index in [4.69, 9.17) is 5.73 Å². The first kappa shape index (κ1) is 14.5. The van der Waals surface area contributed by atoms with Gasteiger partial charge >= 0.3 is 0 Å². The molecule has 0 unspecified atom stereocenters. The van der Waals surface area contributed by atoms with E-state index in [0.29, 0.717) is 28.4 Å². The summed E-state index contributed by atoms with van der Waals surface area (Å²) in [5.74, 6) is 0.557. The van der Waals surface area contributed by atoms with Crippen LogP contribution in [0.4, 0.5) is 0 Å². The molecule has 2 saturated carbocycles. The fraction of sp³-hybridized carbons (Fsp3) is 0.571. The van der Waals surface area contributed by atoms with Crippen LogP contribution in [-0.2, 0) is 16.6 Å². The second-order valence-electron chi connectivity index (χ2n) is 5.72. The molecule has 2 fully saturated rings. The minimum atomic E-state index is -3.43. The number of hydrogen-bond acceptors (Lipinski definition) is 3. The number of nitrogens with two attached hydrogens (primary N) is 1. The van der Waals surface area contributed by atoms with Crippen molar-refractivity contribution in [2.75, 3.05) is 6.54 Å². The Morgan fingerprint density at radius 2 is 1.95 bits per heavy atom. The Labute approximate surface area is 128 Å². The van der Waals surface area contributed by atoms with Crippen molar-refractivity contribution in [2.45, 2.75) is 43.2 Å². The van der Waals surface area contributed by atoms with Gasteiger partial charge in [-0.2, -0.15) is 4.31 Å². The third kappa shape index (κ3) is 2.93. The minimum Gasteiger partial charge on any atom is -0.326 e. The van der Waals surface area contributed by atoms with Gasteiger partial charge in [0.25, 0.3) is 0 Å². The van der Waals surface area contributed by atoms with E-state index < -0.39 is 10.0 Å². The maximum absolute atomic E-state index is 12.9. The lowest BCUT2D eigenvalue weighted by molar-refractivity contribution is 0.388. The summed E-state index contributed by atoms with van der Waals surface area (Å²) in [6.45, 7) is 1.02. The lowest BCUT2D eigenvalue weighted by Gasteiger charge is -2.22. The lowest BCUT2D eigenvalue weighted by Crippen LogP contribution is -2.35. The number of benzene rings is 1. The topological polar surface area (TPSA) is 63.4 Å². The molecule has 2 N–H and O–H groups in total. The summed E-state index contributed by atoms with van der Waals surface area (Å²) in [6, 6.07) is 5.53. The fourth-order valence-corrected chi connectivity index (χ4v) is 5.10. The minimum absolute atomic E-state index is 0.203. The van der Waals surface area contributed by atoms with E-state index in [0.717, 1.165) is 31.2 Å². The van der Waals surface area contributed by atoms with Crippen LogP contribution >= 0.6 is 15.9 Å². The Bertz CT molecular complexity index is 610. The van der Waals surface area contributed by atoms with Crippen molar-refractivity contribution < 1.29 is 8.42 Å². The second kappa shape index (κ2) is 5.40. The molecular formula is C14H19BrN2O2S. The zero-order chi connectivity index (χ0) is 14.3. The van der Waals surface area contributed by atoms with Crippen LogP contribution in [-0.4, -0.2) is 25.3 Å². The van der Waals surface area contributed by atoms with Gasteiger partial charge in [0.15, 0.2) is 0 Å². The van der Waals surface area contributed by atoms with Gasteiger partial charge in [0, 0.05) is 23.6 Å². The molecule has 1 aromatic carbocycles. The highest BCUT2D eigenvalue weighted by Gasteiger charge is 2.41. The second-order valence-corrected chi connectivity index (χ2v) is 8.43. The monoisotopic (exact) mass is 358 g/mol. The van der Waals surface area contributed by atoms with Crippen molar-refractivity contribution in [1.82, 2.24) is 4.31 Å². The molecule has 2 aliphatic rings. The van der Waals surface area contributed by atoms with Gasteiger partial charge in [0.2, 0.25) is 10.0 Å². The Hall–Kier alpha value is -0.430. The van der Waals surface area contributed by atoms with Gasteiger partial charge in [-0.3, -0.25) is 0 Å². The number of sulfonamides is 1. The standard InChI is InChI=1S/C14H19BrN2O2S/c15-13-6-3-11(8-16)7-14(13)20(18,19)17(12-4-5-12)9-10-1-2-10/h3,6-7,10,12H,1-2,4-5,8-9,16H2. The van der Waals surface area contributed by atoms with Gasteiger partial charge < -0.3 is 5.73 Å². The molecule has 0 saturated heterocycles. The molecule has 20 heavy (non-hydrogen) atoms. The first-order chi connectivity index (χ1) is 9.52. The molecule has 1 aromatic rings. The van der Waals surface area contributed by atoms with Crippen LogP contribution in [0.15, 0.2) is 27.6 Å². The Kier molecular flexibility index (Phi) is 3.92. The highest BCUT2D eigenvalue weighted by molar-refractivity contribution is 9.10. The van der Waals surface area contributed by atoms with Gasteiger partial charge in [-0.25, -0.2) is 8.42 Å². The van der Waals surface area contributed by atoms with E-state index in [1.807, 2.05) is 6.07 Å². The van der Waals surface area contributed by atoms with Crippen molar-refractivity contribution in [3.8, 4) is 0 Å². The third-order valence-corrected chi connectivity index (χ3v) is 6.82. The molecular weight excluding hydrogens is 340 g/mol. The predicted octanol–water partition coefficient (Wildman–Crippen LogP) is 2.47. The summed E-state index contributed by atoms with van der Waals surface area (Å²) in [6.07, 6.45) is 4.28. The van der Waals surface area contributed by atoms with Crippen LogP contribution in [0.1, 0.15) is 31.2 Å². The van der Waals surface area contributed by atoms with Gasteiger partial charge in [-0.1, -0.05) is 6.07 Å². The van der Waals surface area contributed by atoms with Gasteiger partial charge in [0.05, 0.1) is 4.90 Å². The van der Waals surface area contributed by atoms with E-state index >= 15 is 0 Å². The summed E-state index contributed by atoms with van der Waals surface area (Å²) in [5, 5.41) is 0. The molecule has 0 heterocycles. The van der Waals surface area contributed by atoms with E-state index in [2.05, 4.69) is 15.9 Å². The Morgan fingerprint density at radius 3 is 2.50 bits per heavy atom. The summed E-state index contributed by atoms with van der Waals surface area (Å²) in [7, 11) is -3.43. The van der Waals surface area contributed by atoms with Crippen LogP contribution in [0, 0.1) is 5.92 Å². The molecule has 3 rings (SSSR count). The quantitative estimate of drug-likeness (QED) is 0.849. The first-order valence-corrected chi connectivity index (χ1v) is 9.26. The summed E-state index contributed by atoms with van der Waals surface area (Å²) in [4.78, 5) is 0.355. The number of halogens is 1. The van der Waals surface area contributed by atoms with Crippen molar-refractivity contribution in [3.63, 3.8) is 0 Å². The molecule has 6 heteroatoms. The summed E-state index contributed by atoms with van der Waals surface area (Å²) >= 11 is 3.37. The highest BCUT2D eigenvalue weighted by atomic mass is 79.9. The molecule has 0 bridgehead atoms. The number of hydrogen-bond donors (Lipinski definition) is 1. The summed E-state index contributed by atoms with van der Waals surface area (Å²) < 4.78 is 28.2. The SMILES string of the molecule is NCc1ccc(Br)c(S(=O)(=O)N(CC2CC2)C2CC2)c1. The molecule has 2 aliphatic carbocycles. The summed E-state index contributed by atoms with van der Waals surface area (Å²) in [5.41, 5.74) is 6.47. The smallest absolute Gasteiger partial charge is 0.244 e. The van der Waals surface area contributed by atoms with Crippen molar-refractivity contribution in [1.29, 1.82) is 0 Å². The molecule has 0 atom stereocenters. The Morgan fingerprint density at radius 1 is 1.25 bits per heavy atom. The molecule has 0 aromatic heterocycles. The maximum atomic E-state index is 12.9. The maximum Gasteiger partial charge on any atom is 0.244 e. The van der Waals surface area contributed by atoms with Crippen LogP contribution in [0.3, 0.4) is 0 Å². The van der Waals surface area contributed by atoms with Crippen LogP contribution in [0.5, 0.6) is 0 Å². The van der Waals surface area contributed by atoms with Crippen LogP contribution in [0.25, 0.3) is 0 Å². The van der Waals surface area contributed by atoms with Crippen molar-refractivity contribution in [3.05, 3.63) is 28.2 Å². The molecule has 0 aliphatic heterocycles. The fourth-order valence-electron chi connectivity index (χ4n) is 2.36.